The van der Waals surface area contributed by atoms with Crippen molar-refractivity contribution in [1.82, 2.24) is 0 Å². The van der Waals surface area contributed by atoms with Gasteiger partial charge < -0.3 is 10.2 Å². The molecule has 0 aromatic heterocycles. The van der Waals surface area contributed by atoms with Gasteiger partial charge in [0.2, 0.25) is 0 Å². The van der Waals surface area contributed by atoms with E-state index in [1.165, 1.54) is 0 Å². The monoisotopic (exact) mass is 156 g/mol. The molecule has 0 aromatic rings. The van der Waals surface area contributed by atoms with Crippen molar-refractivity contribution in [1.29, 1.82) is 0 Å². The van der Waals surface area contributed by atoms with Crippen LogP contribution in [0, 0.1) is 12.3 Å². The summed E-state index contributed by atoms with van der Waals surface area (Å²) in [6, 6.07) is 0. The van der Waals surface area contributed by atoms with Crippen molar-refractivity contribution in [3.05, 3.63) is 0 Å². The van der Waals surface area contributed by atoms with Crippen LogP contribution in [-0.4, -0.2) is 21.9 Å². The number of terminal acetylenes is 1. The Kier molecular flexibility index (Phi) is 4.17. The van der Waals surface area contributed by atoms with Crippen LogP contribution in [0.2, 0.25) is 0 Å². The molecule has 0 fully saturated rings. The fourth-order valence-corrected chi connectivity index (χ4v) is 0.767. The Morgan fingerprint density at radius 1 is 1.64 bits per heavy atom. The zero-order chi connectivity index (χ0) is 8.91. The summed E-state index contributed by atoms with van der Waals surface area (Å²) < 4.78 is 0. The molecule has 0 radical (unpaired) electrons. The maximum atomic E-state index is 9.50. The SMILES string of the molecule is C#CCCC(O)C(C)(O)CC. The minimum Gasteiger partial charge on any atom is -0.390 e. The molecule has 0 heterocycles. The van der Waals surface area contributed by atoms with Crippen molar-refractivity contribution in [3.63, 3.8) is 0 Å². The average Bonchev–Trinajstić information content (AvgIpc) is 2.00. The van der Waals surface area contributed by atoms with E-state index in [-0.39, 0.29) is 0 Å². The molecule has 0 aliphatic carbocycles. The molecule has 0 spiro atoms. The first-order chi connectivity index (χ1) is 5.04. The van der Waals surface area contributed by atoms with Gasteiger partial charge in [0, 0.05) is 6.42 Å². The van der Waals surface area contributed by atoms with E-state index in [9.17, 15) is 10.2 Å². The zero-order valence-electron chi connectivity index (χ0n) is 7.17. The van der Waals surface area contributed by atoms with Crippen LogP contribution in [0.1, 0.15) is 33.1 Å². The number of hydrogen-bond donors (Lipinski definition) is 2. The molecule has 2 unspecified atom stereocenters. The van der Waals surface area contributed by atoms with Crippen molar-refractivity contribution in [2.24, 2.45) is 0 Å². The highest BCUT2D eigenvalue weighted by Gasteiger charge is 2.27. The van der Waals surface area contributed by atoms with E-state index in [0.717, 1.165) is 0 Å². The van der Waals surface area contributed by atoms with Crippen LogP contribution in [0.5, 0.6) is 0 Å². The summed E-state index contributed by atoms with van der Waals surface area (Å²) in [5.74, 6) is 2.42. The van der Waals surface area contributed by atoms with E-state index in [0.29, 0.717) is 19.3 Å². The molecule has 0 aliphatic heterocycles. The minimum atomic E-state index is -0.989. The highest BCUT2D eigenvalue weighted by atomic mass is 16.3. The van der Waals surface area contributed by atoms with Gasteiger partial charge in [0.25, 0.3) is 0 Å². The van der Waals surface area contributed by atoms with Crippen molar-refractivity contribution in [2.45, 2.75) is 44.8 Å². The van der Waals surface area contributed by atoms with Crippen LogP contribution in [0.15, 0.2) is 0 Å². The van der Waals surface area contributed by atoms with Crippen molar-refractivity contribution < 1.29 is 10.2 Å². The van der Waals surface area contributed by atoms with Gasteiger partial charge in [-0.1, -0.05) is 6.92 Å². The molecule has 64 valence electrons. The standard InChI is InChI=1S/C9H16O2/c1-4-6-7-8(10)9(3,11)5-2/h1,8,10-11H,5-7H2,2-3H3. The minimum absolute atomic E-state index is 0.470. The number of rotatable bonds is 4. The summed E-state index contributed by atoms with van der Waals surface area (Å²) in [4.78, 5) is 0. The summed E-state index contributed by atoms with van der Waals surface area (Å²) in [5.41, 5.74) is -0.989. The summed E-state index contributed by atoms with van der Waals surface area (Å²) in [7, 11) is 0. The Morgan fingerprint density at radius 3 is 2.55 bits per heavy atom. The third kappa shape index (κ3) is 3.41. The van der Waals surface area contributed by atoms with Crippen LogP contribution in [0.4, 0.5) is 0 Å². The maximum absolute atomic E-state index is 9.50. The molecule has 0 bridgehead atoms. The molecular weight excluding hydrogens is 140 g/mol. The Bertz CT molecular complexity index is 144. The van der Waals surface area contributed by atoms with Crippen molar-refractivity contribution >= 4 is 0 Å². The lowest BCUT2D eigenvalue weighted by Gasteiger charge is -2.27. The molecule has 0 amide bonds. The quantitative estimate of drug-likeness (QED) is 0.594. The Balaban J connectivity index is 3.83. The summed E-state index contributed by atoms with van der Waals surface area (Å²) >= 11 is 0. The first-order valence-corrected chi connectivity index (χ1v) is 3.88. The first-order valence-electron chi connectivity index (χ1n) is 3.88. The molecule has 0 saturated carbocycles. The van der Waals surface area contributed by atoms with Gasteiger partial charge in [0.1, 0.15) is 0 Å². The molecule has 2 heteroatoms. The number of hydrogen-bond acceptors (Lipinski definition) is 2. The smallest absolute Gasteiger partial charge is 0.0875 e. The van der Waals surface area contributed by atoms with Crippen LogP contribution in [0.3, 0.4) is 0 Å². The molecule has 0 rings (SSSR count). The van der Waals surface area contributed by atoms with Crippen LogP contribution < -0.4 is 0 Å². The maximum Gasteiger partial charge on any atom is 0.0875 e. The topological polar surface area (TPSA) is 40.5 Å². The third-order valence-electron chi connectivity index (χ3n) is 2.00. The first kappa shape index (κ1) is 10.5. The molecule has 2 N–H and O–H groups in total. The predicted octanol–water partition coefficient (Wildman–Crippen LogP) is 0.922. The van der Waals surface area contributed by atoms with E-state index in [1.54, 1.807) is 6.92 Å². The Hall–Kier alpha value is -0.520. The molecule has 0 aromatic carbocycles. The lowest BCUT2D eigenvalue weighted by Crippen LogP contribution is -2.38. The van der Waals surface area contributed by atoms with Crippen LogP contribution in [0.25, 0.3) is 0 Å². The summed E-state index contributed by atoms with van der Waals surface area (Å²) in [5, 5.41) is 18.9. The van der Waals surface area contributed by atoms with Gasteiger partial charge in [-0.2, -0.15) is 0 Å². The highest BCUT2D eigenvalue weighted by Crippen LogP contribution is 2.17. The van der Waals surface area contributed by atoms with Gasteiger partial charge in [-0.25, -0.2) is 0 Å². The van der Waals surface area contributed by atoms with Gasteiger partial charge in [0.15, 0.2) is 0 Å². The average molecular weight is 156 g/mol. The molecule has 0 saturated heterocycles. The van der Waals surface area contributed by atoms with Gasteiger partial charge in [-0.15, -0.1) is 12.3 Å². The highest BCUT2D eigenvalue weighted by molar-refractivity contribution is 4.88. The third-order valence-corrected chi connectivity index (χ3v) is 2.00. The molecule has 2 atom stereocenters. The molecule has 11 heavy (non-hydrogen) atoms. The van der Waals surface area contributed by atoms with E-state index in [2.05, 4.69) is 5.92 Å². The zero-order valence-corrected chi connectivity index (χ0v) is 7.17. The Labute approximate surface area is 68.2 Å². The van der Waals surface area contributed by atoms with Gasteiger partial charge in [0.05, 0.1) is 11.7 Å². The molecular formula is C9H16O2. The molecule has 2 nitrogen and oxygen atoms in total. The van der Waals surface area contributed by atoms with E-state index < -0.39 is 11.7 Å². The van der Waals surface area contributed by atoms with E-state index in [1.807, 2.05) is 6.92 Å². The van der Waals surface area contributed by atoms with Crippen molar-refractivity contribution in [3.8, 4) is 12.3 Å². The second kappa shape index (κ2) is 4.38. The largest absolute Gasteiger partial charge is 0.390 e. The number of aliphatic hydroxyl groups excluding tert-OH is 1. The summed E-state index contributed by atoms with van der Waals surface area (Å²) in [6.07, 6.45) is 5.83. The van der Waals surface area contributed by atoms with E-state index in [4.69, 9.17) is 6.42 Å². The second-order valence-corrected chi connectivity index (χ2v) is 2.97. The Morgan fingerprint density at radius 2 is 2.18 bits per heavy atom. The van der Waals surface area contributed by atoms with Crippen LogP contribution in [-0.2, 0) is 0 Å². The fraction of sp³-hybridized carbons (Fsp3) is 0.778. The predicted molar refractivity (Wildman–Crippen MR) is 45.0 cm³/mol. The van der Waals surface area contributed by atoms with Crippen LogP contribution >= 0.6 is 0 Å². The number of aliphatic hydroxyl groups is 2. The van der Waals surface area contributed by atoms with Crippen molar-refractivity contribution in [2.75, 3.05) is 0 Å². The lowest BCUT2D eigenvalue weighted by atomic mass is 9.93. The second-order valence-electron chi connectivity index (χ2n) is 2.97. The normalized spacial score (nSPS) is 18.5. The molecule has 0 aliphatic rings. The van der Waals surface area contributed by atoms with Gasteiger partial charge in [-0.05, 0) is 19.8 Å². The summed E-state index contributed by atoms with van der Waals surface area (Å²) in [6.45, 7) is 3.45. The van der Waals surface area contributed by atoms with Gasteiger partial charge >= 0.3 is 0 Å². The van der Waals surface area contributed by atoms with E-state index >= 15 is 0 Å². The fourth-order valence-electron chi connectivity index (χ4n) is 0.767. The van der Waals surface area contributed by atoms with Gasteiger partial charge in [-0.3, -0.25) is 0 Å². The lowest BCUT2D eigenvalue weighted by molar-refractivity contribution is -0.0662.